The second-order valence-electron chi connectivity index (χ2n) is 4.09. The molecule has 3 rings (SSSR count). The lowest BCUT2D eigenvalue weighted by molar-refractivity contribution is -0.153. The molecule has 3 aliphatic carbocycles. The van der Waals surface area contributed by atoms with E-state index in [1.165, 1.54) is 7.11 Å². The van der Waals surface area contributed by atoms with Gasteiger partial charge in [-0.1, -0.05) is 0 Å². The fraction of sp³-hybridized carbons (Fsp3) is 0.778. The van der Waals surface area contributed by atoms with Crippen molar-refractivity contribution in [3.63, 3.8) is 0 Å². The highest BCUT2D eigenvalue weighted by molar-refractivity contribution is 5.82. The van der Waals surface area contributed by atoms with E-state index >= 15 is 0 Å². The number of carbonyl (C=O) groups excluding carboxylic acids is 1. The number of rotatable bonds is 2. The highest BCUT2D eigenvalue weighted by atomic mass is 16.5. The van der Waals surface area contributed by atoms with Gasteiger partial charge in [-0.25, -0.2) is 0 Å². The monoisotopic (exact) mass is 184 g/mol. The van der Waals surface area contributed by atoms with E-state index in [1.54, 1.807) is 0 Å². The van der Waals surface area contributed by atoms with Crippen LogP contribution < -0.4 is 0 Å². The number of carbonyl (C=O) groups is 2. The lowest BCUT2D eigenvalue weighted by Crippen LogP contribution is -2.36. The van der Waals surface area contributed by atoms with Crippen molar-refractivity contribution < 1.29 is 19.4 Å². The molecular formula is C9H12O4. The standard InChI is InChI=1S/C9H12O4/c1-13-7(10)6-4-9(8(11)12)2-5(6)3-9/h5-6H,2-4H2,1H3,(H,11,12)/t5?,6-,9?/m1/s1. The van der Waals surface area contributed by atoms with E-state index in [1.807, 2.05) is 0 Å². The molecule has 0 aromatic heterocycles. The molecule has 0 aliphatic heterocycles. The maximum Gasteiger partial charge on any atom is 0.309 e. The van der Waals surface area contributed by atoms with Crippen LogP contribution in [0.5, 0.6) is 0 Å². The zero-order chi connectivity index (χ0) is 9.64. The van der Waals surface area contributed by atoms with Gasteiger partial charge in [-0.15, -0.1) is 0 Å². The van der Waals surface area contributed by atoms with Crippen molar-refractivity contribution in [1.29, 1.82) is 0 Å². The van der Waals surface area contributed by atoms with Crippen LogP contribution in [0, 0.1) is 17.3 Å². The van der Waals surface area contributed by atoms with Crippen LogP contribution in [-0.2, 0) is 14.3 Å². The van der Waals surface area contributed by atoms with Gasteiger partial charge in [0.2, 0.25) is 0 Å². The number of fused-ring (bicyclic) bond motifs is 1. The van der Waals surface area contributed by atoms with Gasteiger partial charge in [0.05, 0.1) is 18.4 Å². The van der Waals surface area contributed by atoms with Crippen molar-refractivity contribution in [3.8, 4) is 0 Å². The first-order valence-corrected chi connectivity index (χ1v) is 4.40. The van der Waals surface area contributed by atoms with E-state index in [4.69, 9.17) is 5.11 Å². The molecule has 1 atom stereocenters. The molecule has 4 heteroatoms. The molecule has 0 saturated heterocycles. The average molecular weight is 184 g/mol. The zero-order valence-electron chi connectivity index (χ0n) is 7.45. The van der Waals surface area contributed by atoms with Gasteiger partial charge < -0.3 is 9.84 Å². The van der Waals surface area contributed by atoms with E-state index in [-0.39, 0.29) is 17.8 Å². The molecule has 0 aromatic rings. The van der Waals surface area contributed by atoms with E-state index in [9.17, 15) is 9.59 Å². The summed E-state index contributed by atoms with van der Waals surface area (Å²) in [7, 11) is 1.35. The van der Waals surface area contributed by atoms with Crippen LogP contribution in [0.3, 0.4) is 0 Å². The molecule has 0 unspecified atom stereocenters. The maximum atomic E-state index is 11.2. The summed E-state index contributed by atoms with van der Waals surface area (Å²) in [5.74, 6) is -0.912. The normalized spacial score (nSPS) is 41.0. The molecule has 0 aromatic carbocycles. The molecule has 1 N–H and O–H groups in total. The molecule has 3 aliphatic rings. The molecule has 2 bridgehead atoms. The number of esters is 1. The molecule has 3 saturated carbocycles. The van der Waals surface area contributed by atoms with E-state index in [2.05, 4.69) is 4.74 Å². The number of hydrogen-bond donors (Lipinski definition) is 1. The number of methoxy groups -OCH3 is 1. The summed E-state index contributed by atoms with van der Waals surface area (Å²) in [5, 5.41) is 8.93. The lowest BCUT2D eigenvalue weighted by Gasteiger charge is -2.33. The summed E-state index contributed by atoms with van der Waals surface area (Å²) in [6.45, 7) is 0. The van der Waals surface area contributed by atoms with Crippen LogP contribution in [0.4, 0.5) is 0 Å². The molecule has 0 heterocycles. The van der Waals surface area contributed by atoms with Crippen molar-refractivity contribution in [3.05, 3.63) is 0 Å². The van der Waals surface area contributed by atoms with Crippen molar-refractivity contribution in [2.24, 2.45) is 17.3 Å². The van der Waals surface area contributed by atoms with Crippen LogP contribution >= 0.6 is 0 Å². The van der Waals surface area contributed by atoms with Gasteiger partial charge in [-0.2, -0.15) is 0 Å². The van der Waals surface area contributed by atoms with Gasteiger partial charge in [0.25, 0.3) is 0 Å². The largest absolute Gasteiger partial charge is 0.481 e. The second kappa shape index (κ2) is 2.47. The SMILES string of the molecule is COC(=O)[C@@H]1CC2(C(=O)O)CC1C2. The van der Waals surface area contributed by atoms with E-state index < -0.39 is 11.4 Å². The highest BCUT2D eigenvalue weighted by Crippen LogP contribution is 2.62. The Morgan fingerprint density at radius 2 is 2.00 bits per heavy atom. The van der Waals surface area contributed by atoms with Crippen LogP contribution in [0.2, 0.25) is 0 Å². The molecule has 0 amide bonds. The Kier molecular flexibility index (Phi) is 1.62. The first-order chi connectivity index (χ1) is 6.09. The van der Waals surface area contributed by atoms with Crippen molar-refractivity contribution in [1.82, 2.24) is 0 Å². The quantitative estimate of drug-likeness (QED) is 0.640. The van der Waals surface area contributed by atoms with Gasteiger partial charge >= 0.3 is 11.9 Å². The smallest absolute Gasteiger partial charge is 0.309 e. The third kappa shape index (κ3) is 0.975. The van der Waals surface area contributed by atoms with Crippen LogP contribution in [0.25, 0.3) is 0 Å². The number of hydrogen-bond acceptors (Lipinski definition) is 3. The summed E-state index contributed by atoms with van der Waals surface area (Å²) in [6.07, 6.45) is 1.78. The first-order valence-electron chi connectivity index (χ1n) is 4.40. The topological polar surface area (TPSA) is 63.6 Å². The summed E-state index contributed by atoms with van der Waals surface area (Å²) < 4.78 is 4.62. The summed E-state index contributed by atoms with van der Waals surface area (Å²) in [4.78, 5) is 22.1. The molecule has 72 valence electrons. The van der Waals surface area contributed by atoms with Crippen molar-refractivity contribution in [2.75, 3.05) is 7.11 Å². The fourth-order valence-electron chi connectivity index (χ4n) is 2.67. The molecule has 0 radical (unpaired) electrons. The second-order valence-corrected chi connectivity index (χ2v) is 4.09. The van der Waals surface area contributed by atoms with Gasteiger partial charge in [-0.3, -0.25) is 9.59 Å². The lowest BCUT2D eigenvalue weighted by atomic mass is 9.69. The zero-order valence-corrected chi connectivity index (χ0v) is 7.45. The Bertz CT molecular complexity index is 265. The van der Waals surface area contributed by atoms with Crippen LogP contribution in [0.1, 0.15) is 19.3 Å². The van der Waals surface area contributed by atoms with Crippen LogP contribution in [0.15, 0.2) is 0 Å². The van der Waals surface area contributed by atoms with Gasteiger partial charge in [0, 0.05) is 0 Å². The summed E-state index contributed by atoms with van der Waals surface area (Å²) >= 11 is 0. The molecule has 13 heavy (non-hydrogen) atoms. The van der Waals surface area contributed by atoms with Crippen LogP contribution in [-0.4, -0.2) is 24.2 Å². The third-order valence-electron chi connectivity index (χ3n) is 3.44. The number of carboxylic acid groups (broad SMARTS) is 1. The minimum absolute atomic E-state index is 0.166. The summed E-state index contributed by atoms with van der Waals surface area (Å²) in [6, 6.07) is 0. The highest BCUT2D eigenvalue weighted by Gasteiger charge is 2.62. The Labute approximate surface area is 75.9 Å². The Morgan fingerprint density at radius 1 is 1.38 bits per heavy atom. The minimum atomic E-state index is -0.754. The van der Waals surface area contributed by atoms with E-state index in [0.717, 1.165) is 0 Å². The van der Waals surface area contributed by atoms with Crippen molar-refractivity contribution in [2.45, 2.75) is 19.3 Å². The predicted molar refractivity (Wildman–Crippen MR) is 42.9 cm³/mol. The third-order valence-corrected chi connectivity index (χ3v) is 3.44. The predicted octanol–water partition coefficient (Wildman–Crippen LogP) is 0.660. The maximum absolute atomic E-state index is 11.2. The first kappa shape index (κ1) is 8.53. The molecule has 0 spiro atoms. The molecule has 3 fully saturated rings. The number of aliphatic carboxylic acids is 1. The fourth-order valence-corrected chi connectivity index (χ4v) is 2.67. The van der Waals surface area contributed by atoms with Crippen molar-refractivity contribution >= 4 is 11.9 Å². The average Bonchev–Trinajstić information content (AvgIpc) is 2.55. The molecular weight excluding hydrogens is 172 g/mol. The number of carboxylic acids is 1. The Morgan fingerprint density at radius 3 is 2.38 bits per heavy atom. The van der Waals surface area contributed by atoms with Gasteiger partial charge in [-0.05, 0) is 25.2 Å². The van der Waals surface area contributed by atoms with E-state index in [0.29, 0.717) is 19.3 Å². The summed E-state index contributed by atoms with van der Waals surface area (Å²) in [5.41, 5.74) is -0.594. The molecule has 4 nitrogen and oxygen atoms in total. The Balaban J connectivity index is 2.09. The minimum Gasteiger partial charge on any atom is -0.481 e. The van der Waals surface area contributed by atoms with Gasteiger partial charge in [0.1, 0.15) is 0 Å². The van der Waals surface area contributed by atoms with Gasteiger partial charge in [0.15, 0.2) is 0 Å². The Hall–Kier alpha value is -1.06. The number of ether oxygens (including phenoxy) is 1.